The van der Waals surface area contributed by atoms with Crippen molar-refractivity contribution in [2.24, 2.45) is 5.92 Å². The smallest absolute Gasteiger partial charge is 0.0312 e. The molecule has 0 aliphatic heterocycles. The van der Waals surface area contributed by atoms with Gasteiger partial charge in [-0.05, 0) is 50.7 Å². The molecule has 0 aliphatic carbocycles. The highest BCUT2D eigenvalue weighted by Gasteiger charge is 2.00. The van der Waals surface area contributed by atoms with E-state index in [2.05, 4.69) is 42.2 Å². The van der Waals surface area contributed by atoms with Crippen LogP contribution in [0.5, 0.6) is 0 Å². The Balaban J connectivity index is 2.07. The summed E-state index contributed by atoms with van der Waals surface area (Å²) in [5.74, 6) is 0.739. The quantitative estimate of drug-likeness (QED) is 0.700. The van der Waals surface area contributed by atoms with E-state index in [4.69, 9.17) is 0 Å². The summed E-state index contributed by atoms with van der Waals surface area (Å²) in [7, 11) is 2.16. The summed E-state index contributed by atoms with van der Waals surface area (Å²) in [6.45, 7) is 8.81. The van der Waals surface area contributed by atoms with Crippen LogP contribution in [0.3, 0.4) is 0 Å². The third-order valence-corrected chi connectivity index (χ3v) is 2.62. The third kappa shape index (κ3) is 7.08. The fourth-order valence-electron chi connectivity index (χ4n) is 1.75. The van der Waals surface area contributed by atoms with E-state index in [-0.39, 0.29) is 0 Å². The monoisotopic (exact) mass is 235 g/mol. The fourth-order valence-corrected chi connectivity index (χ4v) is 1.75. The van der Waals surface area contributed by atoms with E-state index in [1.165, 1.54) is 12.0 Å². The first-order chi connectivity index (χ1) is 8.18. The molecule has 1 rings (SSSR count). The molecule has 1 N–H and O–H groups in total. The van der Waals surface area contributed by atoms with E-state index >= 15 is 0 Å². The molecular formula is C14H25N3. The van der Waals surface area contributed by atoms with Crippen molar-refractivity contribution in [3.05, 3.63) is 30.1 Å². The highest BCUT2D eigenvalue weighted by atomic mass is 15.1. The molecule has 0 unspecified atom stereocenters. The summed E-state index contributed by atoms with van der Waals surface area (Å²) < 4.78 is 0. The number of rotatable bonds is 8. The second-order valence-electron chi connectivity index (χ2n) is 5.05. The van der Waals surface area contributed by atoms with E-state index in [1.54, 1.807) is 0 Å². The van der Waals surface area contributed by atoms with Crippen molar-refractivity contribution in [3.63, 3.8) is 0 Å². The minimum absolute atomic E-state index is 0.739. The van der Waals surface area contributed by atoms with Crippen LogP contribution in [0.25, 0.3) is 0 Å². The topological polar surface area (TPSA) is 28.2 Å². The molecule has 0 atom stereocenters. The molecule has 0 aromatic carbocycles. The molecular weight excluding hydrogens is 210 g/mol. The van der Waals surface area contributed by atoms with Gasteiger partial charge in [0.15, 0.2) is 0 Å². The molecule has 1 aromatic heterocycles. The maximum absolute atomic E-state index is 4.13. The van der Waals surface area contributed by atoms with Crippen molar-refractivity contribution in [1.29, 1.82) is 0 Å². The highest BCUT2D eigenvalue weighted by Crippen LogP contribution is 2.00. The van der Waals surface area contributed by atoms with Gasteiger partial charge in [-0.2, -0.15) is 0 Å². The number of nitrogens with zero attached hydrogens (tertiary/aromatic N) is 2. The zero-order chi connectivity index (χ0) is 12.5. The summed E-state index contributed by atoms with van der Waals surface area (Å²) in [6.07, 6.45) is 4.95. The van der Waals surface area contributed by atoms with Crippen LogP contribution in [-0.2, 0) is 6.54 Å². The first kappa shape index (κ1) is 14.1. The Bertz CT molecular complexity index is 285. The third-order valence-electron chi connectivity index (χ3n) is 2.62. The van der Waals surface area contributed by atoms with Gasteiger partial charge in [0.05, 0.1) is 0 Å². The van der Waals surface area contributed by atoms with Crippen molar-refractivity contribution in [2.45, 2.75) is 26.8 Å². The second kappa shape index (κ2) is 8.20. The first-order valence-corrected chi connectivity index (χ1v) is 6.46. The standard InChI is InChI=1S/C14H25N3/c1-13(2)10-15-8-5-9-17(3)12-14-6-4-7-16-11-14/h4,6-7,11,13,15H,5,8-10,12H2,1-3H3. The number of nitrogens with one attached hydrogen (secondary N) is 1. The normalized spacial score (nSPS) is 11.4. The summed E-state index contributed by atoms with van der Waals surface area (Å²) >= 11 is 0. The first-order valence-electron chi connectivity index (χ1n) is 6.46. The zero-order valence-corrected chi connectivity index (χ0v) is 11.3. The maximum atomic E-state index is 4.13. The van der Waals surface area contributed by atoms with Crippen molar-refractivity contribution >= 4 is 0 Å². The van der Waals surface area contributed by atoms with E-state index in [1.807, 2.05) is 18.5 Å². The second-order valence-corrected chi connectivity index (χ2v) is 5.05. The Kier molecular flexibility index (Phi) is 6.82. The molecule has 0 aliphatic rings. The molecule has 17 heavy (non-hydrogen) atoms. The van der Waals surface area contributed by atoms with E-state index < -0.39 is 0 Å². The van der Waals surface area contributed by atoms with Gasteiger partial charge in [0.1, 0.15) is 0 Å². The fraction of sp³-hybridized carbons (Fsp3) is 0.643. The van der Waals surface area contributed by atoms with Gasteiger partial charge in [-0.15, -0.1) is 0 Å². The van der Waals surface area contributed by atoms with Crippen LogP contribution in [0, 0.1) is 5.92 Å². The lowest BCUT2D eigenvalue weighted by Gasteiger charge is -2.16. The summed E-state index contributed by atoms with van der Waals surface area (Å²) in [5.41, 5.74) is 1.28. The number of aromatic nitrogens is 1. The largest absolute Gasteiger partial charge is 0.316 e. The van der Waals surface area contributed by atoms with E-state index in [9.17, 15) is 0 Å². The minimum Gasteiger partial charge on any atom is -0.316 e. The van der Waals surface area contributed by atoms with E-state index in [0.29, 0.717) is 0 Å². The molecule has 1 aromatic rings. The molecule has 0 saturated heterocycles. The molecule has 3 heteroatoms. The zero-order valence-electron chi connectivity index (χ0n) is 11.3. The predicted octanol–water partition coefficient (Wildman–Crippen LogP) is 2.15. The SMILES string of the molecule is CC(C)CNCCCN(C)Cc1cccnc1. The molecule has 0 amide bonds. The van der Waals surface area contributed by atoms with E-state index in [0.717, 1.165) is 32.1 Å². The lowest BCUT2D eigenvalue weighted by molar-refractivity contribution is 0.318. The van der Waals surface area contributed by atoms with Crippen molar-refractivity contribution < 1.29 is 0 Å². The van der Waals surface area contributed by atoms with Crippen LogP contribution in [0.2, 0.25) is 0 Å². The average molecular weight is 235 g/mol. The van der Waals surface area contributed by atoms with Gasteiger partial charge < -0.3 is 10.2 Å². The van der Waals surface area contributed by atoms with Crippen LogP contribution in [0.1, 0.15) is 25.8 Å². The Labute approximate surface area is 105 Å². The summed E-state index contributed by atoms with van der Waals surface area (Å²) in [4.78, 5) is 6.47. The van der Waals surface area contributed by atoms with Gasteiger partial charge in [0, 0.05) is 18.9 Å². The Morgan fingerprint density at radius 2 is 2.24 bits per heavy atom. The van der Waals surface area contributed by atoms with Gasteiger partial charge in [0.2, 0.25) is 0 Å². The molecule has 0 spiro atoms. The van der Waals surface area contributed by atoms with Crippen molar-refractivity contribution in [3.8, 4) is 0 Å². The molecule has 0 bridgehead atoms. The number of hydrogen-bond donors (Lipinski definition) is 1. The van der Waals surface area contributed by atoms with Crippen molar-refractivity contribution in [1.82, 2.24) is 15.2 Å². The lowest BCUT2D eigenvalue weighted by atomic mass is 10.2. The van der Waals surface area contributed by atoms with Crippen LogP contribution >= 0.6 is 0 Å². The van der Waals surface area contributed by atoms with Gasteiger partial charge in [-0.3, -0.25) is 4.98 Å². The predicted molar refractivity (Wildman–Crippen MR) is 72.9 cm³/mol. The van der Waals surface area contributed by atoms with Gasteiger partial charge in [0.25, 0.3) is 0 Å². The summed E-state index contributed by atoms with van der Waals surface area (Å²) in [5, 5.41) is 3.47. The maximum Gasteiger partial charge on any atom is 0.0312 e. The highest BCUT2D eigenvalue weighted by molar-refractivity contribution is 5.07. The minimum atomic E-state index is 0.739. The van der Waals surface area contributed by atoms with Crippen LogP contribution in [0.4, 0.5) is 0 Å². The molecule has 1 heterocycles. The van der Waals surface area contributed by atoms with Crippen molar-refractivity contribution in [2.75, 3.05) is 26.7 Å². The molecule has 0 saturated carbocycles. The number of hydrogen-bond acceptors (Lipinski definition) is 3. The Morgan fingerprint density at radius 1 is 1.41 bits per heavy atom. The molecule has 0 fully saturated rings. The average Bonchev–Trinajstić information content (AvgIpc) is 2.29. The van der Waals surface area contributed by atoms with Crippen LogP contribution < -0.4 is 5.32 Å². The Morgan fingerprint density at radius 3 is 2.88 bits per heavy atom. The Hall–Kier alpha value is -0.930. The summed E-state index contributed by atoms with van der Waals surface area (Å²) in [6, 6.07) is 4.12. The van der Waals surface area contributed by atoms with Gasteiger partial charge in [-0.1, -0.05) is 19.9 Å². The van der Waals surface area contributed by atoms with Crippen LogP contribution in [-0.4, -0.2) is 36.6 Å². The molecule has 0 radical (unpaired) electrons. The molecule has 96 valence electrons. The van der Waals surface area contributed by atoms with Gasteiger partial charge in [-0.25, -0.2) is 0 Å². The van der Waals surface area contributed by atoms with Crippen LogP contribution in [0.15, 0.2) is 24.5 Å². The molecule has 3 nitrogen and oxygen atoms in total. The lowest BCUT2D eigenvalue weighted by Crippen LogP contribution is -2.26. The van der Waals surface area contributed by atoms with Gasteiger partial charge >= 0.3 is 0 Å². The number of pyridine rings is 1.